The van der Waals surface area contributed by atoms with Gasteiger partial charge in [0.1, 0.15) is 5.82 Å². The van der Waals surface area contributed by atoms with Crippen molar-refractivity contribution >= 4 is 17.2 Å². The Balaban J connectivity index is 2.29. The highest BCUT2D eigenvalue weighted by Crippen LogP contribution is 2.33. The van der Waals surface area contributed by atoms with Crippen molar-refractivity contribution in [3.05, 3.63) is 47.7 Å². The van der Waals surface area contributed by atoms with E-state index in [4.69, 9.17) is 5.73 Å². The van der Waals surface area contributed by atoms with Crippen LogP contribution in [0.5, 0.6) is 0 Å². The normalized spacial score (nSPS) is 11.4. The van der Waals surface area contributed by atoms with Crippen LogP contribution in [-0.4, -0.2) is 4.98 Å². The second-order valence-corrected chi connectivity index (χ2v) is 4.13. The summed E-state index contributed by atoms with van der Waals surface area (Å²) in [7, 11) is 0. The van der Waals surface area contributed by atoms with Crippen molar-refractivity contribution in [1.82, 2.24) is 4.98 Å². The fourth-order valence-corrected chi connectivity index (χ4v) is 1.63. The first kappa shape index (κ1) is 13.2. The van der Waals surface area contributed by atoms with Crippen molar-refractivity contribution < 1.29 is 13.2 Å². The van der Waals surface area contributed by atoms with E-state index in [0.717, 1.165) is 6.07 Å². The van der Waals surface area contributed by atoms with E-state index in [9.17, 15) is 13.2 Å². The fourth-order valence-electron chi connectivity index (χ4n) is 1.63. The number of nitrogens with one attached hydrogen (secondary N) is 1. The quantitative estimate of drug-likeness (QED) is 0.871. The van der Waals surface area contributed by atoms with Crippen molar-refractivity contribution in [2.24, 2.45) is 0 Å². The molecule has 19 heavy (non-hydrogen) atoms. The highest BCUT2D eigenvalue weighted by atomic mass is 19.4. The molecule has 0 aliphatic heterocycles. The van der Waals surface area contributed by atoms with Gasteiger partial charge in [-0.2, -0.15) is 13.2 Å². The molecule has 1 aromatic heterocycles. The Labute approximate surface area is 108 Å². The molecule has 0 saturated carbocycles. The van der Waals surface area contributed by atoms with Crippen LogP contribution in [0.1, 0.15) is 11.1 Å². The molecular weight excluding hydrogens is 255 g/mol. The number of aromatic nitrogens is 1. The van der Waals surface area contributed by atoms with Crippen LogP contribution in [0.2, 0.25) is 0 Å². The van der Waals surface area contributed by atoms with E-state index in [1.807, 2.05) is 0 Å². The van der Waals surface area contributed by atoms with Crippen LogP contribution in [0.4, 0.5) is 30.4 Å². The van der Waals surface area contributed by atoms with Crippen molar-refractivity contribution in [3.8, 4) is 0 Å². The number of rotatable bonds is 2. The lowest BCUT2D eigenvalue weighted by Crippen LogP contribution is -2.08. The summed E-state index contributed by atoms with van der Waals surface area (Å²) in [6.45, 7) is 1.42. The van der Waals surface area contributed by atoms with Crippen LogP contribution >= 0.6 is 0 Å². The summed E-state index contributed by atoms with van der Waals surface area (Å²) in [5.41, 5.74) is 5.83. The zero-order valence-electron chi connectivity index (χ0n) is 10.1. The van der Waals surface area contributed by atoms with Crippen LogP contribution in [-0.2, 0) is 6.18 Å². The standard InChI is InChI=1S/C13H12F3N3/c1-8-2-4-10(6-11(8)13(14,15)16)19-12-5-3-9(17)7-18-12/h2-7H,17H2,1H3,(H,18,19). The molecular formula is C13H12F3N3. The molecule has 0 radical (unpaired) electrons. The van der Waals surface area contributed by atoms with E-state index < -0.39 is 11.7 Å². The zero-order chi connectivity index (χ0) is 14.0. The molecule has 3 N–H and O–H groups in total. The Morgan fingerprint density at radius 1 is 1.16 bits per heavy atom. The molecule has 0 spiro atoms. The number of nitrogens with zero attached hydrogens (tertiary/aromatic N) is 1. The average Bonchev–Trinajstić information content (AvgIpc) is 2.33. The molecule has 3 nitrogen and oxygen atoms in total. The molecule has 1 aromatic carbocycles. The van der Waals surface area contributed by atoms with Gasteiger partial charge in [0.2, 0.25) is 0 Å². The van der Waals surface area contributed by atoms with Crippen LogP contribution in [0, 0.1) is 6.92 Å². The van der Waals surface area contributed by atoms with Crippen LogP contribution in [0.25, 0.3) is 0 Å². The summed E-state index contributed by atoms with van der Waals surface area (Å²) in [6.07, 6.45) is -2.93. The maximum atomic E-state index is 12.8. The Bertz CT molecular complexity index is 577. The smallest absolute Gasteiger partial charge is 0.397 e. The number of anilines is 3. The molecule has 0 aliphatic carbocycles. The summed E-state index contributed by atoms with van der Waals surface area (Å²) in [4.78, 5) is 3.97. The highest BCUT2D eigenvalue weighted by Gasteiger charge is 2.32. The first-order valence-corrected chi connectivity index (χ1v) is 5.52. The summed E-state index contributed by atoms with van der Waals surface area (Å²) in [6, 6.07) is 7.27. The maximum Gasteiger partial charge on any atom is 0.416 e. The van der Waals surface area contributed by atoms with Gasteiger partial charge in [-0.15, -0.1) is 0 Å². The summed E-state index contributed by atoms with van der Waals surface area (Å²) in [5.74, 6) is 0.436. The third kappa shape index (κ3) is 3.15. The first-order valence-electron chi connectivity index (χ1n) is 5.52. The Kier molecular flexibility index (Phi) is 3.33. The lowest BCUT2D eigenvalue weighted by Gasteiger charge is -2.13. The average molecular weight is 267 g/mol. The second kappa shape index (κ2) is 4.79. The Hall–Kier alpha value is -2.24. The van der Waals surface area contributed by atoms with E-state index in [1.165, 1.54) is 19.2 Å². The van der Waals surface area contributed by atoms with Crippen molar-refractivity contribution in [2.45, 2.75) is 13.1 Å². The van der Waals surface area contributed by atoms with Gasteiger partial charge in [0.15, 0.2) is 0 Å². The number of hydrogen-bond donors (Lipinski definition) is 2. The number of nitrogens with two attached hydrogens (primary N) is 1. The number of aryl methyl sites for hydroxylation is 1. The third-order valence-electron chi connectivity index (χ3n) is 2.60. The van der Waals surface area contributed by atoms with E-state index in [-0.39, 0.29) is 5.56 Å². The molecule has 0 saturated heterocycles. The number of hydrogen-bond acceptors (Lipinski definition) is 3. The topological polar surface area (TPSA) is 50.9 Å². The van der Waals surface area contributed by atoms with E-state index in [0.29, 0.717) is 17.2 Å². The monoisotopic (exact) mass is 267 g/mol. The molecule has 0 unspecified atom stereocenters. The van der Waals surface area contributed by atoms with Gasteiger partial charge in [-0.05, 0) is 36.8 Å². The number of pyridine rings is 1. The molecule has 1 heterocycles. The molecule has 0 bridgehead atoms. The van der Waals surface area contributed by atoms with Gasteiger partial charge in [-0.25, -0.2) is 4.98 Å². The molecule has 6 heteroatoms. The van der Waals surface area contributed by atoms with Crippen LogP contribution < -0.4 is 11.1 Å². The molecule has 100 valence electrons. The van der Waals surface area contributed by atoms with Gasteiger partial charge in [0, 0.05) is 5.69 Å². The van der Waals surface area contributed by atoms with Crippen LogP contribution in [0.3, 0.4) is 0 Å². The van der Waals surface area contributed by atoms with Crippen molar-refractivity contribution in [2.75, 3.05) is 11.1 Å². The van der Waals surface area contributed by atoms with Gasteiger partial charge in [0.05, 0.1) is 17.4 Å². The van der Waals surface area contributed by atoms with E-state index in [2.05, 4.69) is 10.3 Å². The molecule has 0 amide bonds. The summed E-state index contributed by atoms with van der Waals surface area (Å²) < 4.78 is 38.3. The summed E-state index contributed by atoms with van der Waals surface area (Å²) >= 11 is 0. The van der Waals surface area contributed by atoms with E-state index >= 15 is 0 Å². The van der Waals surface area contributed by atoms with Gasteiger partial charge in [-0.3, -0.25) is 0 Å². The van der Waals surface area contributed by atoms with Gasteiger partial charge < -0.3 is 11.1 Å². The Morgan fingerprint density at radius 2 is 1.89 bits per heavy atom. The molecule has 2 aromatic rings. The molecule has 2 rings (SSSR count). The second-order valence-electron chi connectivity index (χ2n) is 4.13. The molecule has 0 atom stereocenters. The number of halogens is 3. The van der Waals surface area contributed by atoms with Crippen molar-refractivity contribution in [1.29, 1.82) is 0 Å². The van der Waals surface area contributed by atoms with Crippen LogP contribution in [0.15, 0.2) is 36.5 Å². The lowest BCUT2D eigenvalue weighted by molar-refractivity contribution is -0.138. The number of benzene rings is 1. The lowest BCUT2D eigenvalue weighted by atomic mass is 10.1. The largest absolute Gasteiger partial charge is 0.416 e. The van der Waals surface area contributed by atoms with Crippen molar-refractivity contribution in [3.63, 3.8) is 0 Å². The fraction of sp³-hybridized carbons (Fsp3) is 0.154. The number of alkyl halides is 3. The molecule has 0 fully saturated rings. The number of nitrogen functional groups attached to an aromatic ring is 1. The third-order valence-corrected chi connectivity index (χ3v) is 2.60. The zero-order valence-corrected chi connectivity index (χ0v) is 10.1. The predicted molar refractivity (Wildman–Crippen MR) is 68.1 cm³/mol. The maximum absolute atomic E-state index is 12.8. The first-order chi connectivity index (χ1) is 8.86. The highest BCUT2D eigenvalue weighted by molar-refractivity contribution is 5.59. The minimum Gasteiger partial charge on any atom is -0.397 e. The SMILES string of the molecule is Cc1ccc(Nc2ccc(N)cn2)cc1C(F)(F)F. The van der Waals surface area contributed by atoms with E-state index in [1.54, 1.807) is 18.2 Å². The van der Waals surface area contributed by atoms with Gasteiger partial charge >= 0.3 is 6.18 Å². The van der Waals surface area contributed by atoms with Gasteiger partial charge in [-0.1, -0.05) is 6.07 Å². The Morgan fingerprint density at radius 3 is 2.47 bits per heavy atom. The summed E-state index contributed by atoms with van der Waals surface area (Å²) in [5, 5.41) is 2.80. The predicted octanol–water partition coefficient (Wildman–Crippen LogP) is 3.73. The minimum absolute atomic E-state index is 0.184. The molecule has 0 aliphatic rings. The van der Waals surface area contributed by atoms with Gasteiger partial charge in [0.25, 0.3) is 0 Å². The minimum atomic E-state index is -4.36.